The number of unbranched alkanes of at least 4 members (excludes halogenated alkanes) is 1. The molecule has 0 spiro atoms. The molecule has 2 aromatic rings. The number of aryl methyl sites for hydroxylation is 1. The van der Waals surface area contributed by atoms with E-state index < -0.39 is 0 Å². The van der Waals surface area contributed by atoms with Crippen molar-refractivity contribution in [3.8, 4) is 0 Å². The molecule has 1 amide bonds. The molecule has 114 valence electrons. The first-order chi connectivity index (χ1) is 10.1. The third-order valence-corrected chi connectivity index (χ3v) is 3.93. The number of hydrogen-bond acceptors (Lipinski definition) is 1. The first kappa shape index (κ1) is 15.5. The van der Waals surface area contributed by atoms with Gasteiger partial charge in [0, 0.05) is 29.7 Å². The van der Waals surface area contributed by atoms with Crippen LogP contribution in [0.25, 0.3) is 10.9 Å². The molecule has 1 aromatic carbocycles. The highest BCUT2D eigenvalue weighted by atomic mass is 19.1. The number of hydrogen-bond donors (Lipinski definition) is 1. The average molecular weight is 290 g/mol. The van der Waals surface area contributed by atoms with Crippen LogP contribution >= 0.6 is 0 Å². The van der Waals surface area contributed by atoms with E-state index in [9.17, 15) is 9.18 Å². The highest BCUT2D eigenvalue weighted by Crippen LogP contribution is 2.24. The number of rotatable bonds is 6. The number of nitrogens with zero attached hydrogens (tertiary/aromatic N) is 1. The van der Waals surface area contributed by atoms with E-state index in [0.29, 0.717) is 13.0 Å². The maximum atomic E-state index is 13.4. The van der Waals surface area contributed by atoms with Crippen LogP contribution in [0.1, 0.15) is 37.9 Å². The smallest absolute Gasteiger partial charge is 0.227 e. The minimum Gasteiger partial charge on any atom is -0.358 e. The molecule has 0 aliphatic rings. The number of aromatic amines is 1. The van der Waals surface area contributed by atoms with Gasteiger partial charge in [0.25, 0.3) is 0 Å². The van der Waals surface area contributed by atoms with Crippen molar-refractivity contribution in [3.63, 3.8) is 0 Å². The summed E-state index contributed by atoms with van der Waals surface area (Å²) in [4.78, 5) is 17.5. The van der Waals surface area contributed by atoms with Crippen LogP contribution in [0.5, 0.6) is 0 Å². The number of carbonyl (C=O) groups excluding carboxylic acids is 1. The van der Waals surface area contributed by atoms with E-state index in [2.05, 4.69) is 11.9 Å². The van der Waals surface area contributed by atoms with Gasteiger partial charge in [0.15, 0.2) is 0 Å². The van der Waals surface area contributed by atoms with E-state index in [1.54, 1.807) is 6.07 Å². The Balaban J connectivity index is 2.24. The predicted molar refractivity (Wildman–Crippen MR) is 83.9 cm³/mol. The van der Waals surface area contributed by atoms with Crippen molar-refractivity contribution < 1.29 is 9.18 Å². The Labute approximate surface area is 125 Å². The fourth-order valence-electron chi connectivity index (χ4n) is 2.65. The molecule has 1 aromatic heterocycles. The fourth-order valence-corrected chi connectivity index (χ4v) is 2.65. The standard InChI is InChI=1S/C17H23FN2O/c1-4-6-9-20(5-2)17(21)11-14-12(3)19-16-8-7-13(18)10-15(14)16/h7-8,10,19H,4-6,9,11H2,1-3H3. The summed E-state index contributed by atoms with van der Waals surface area (Å²) in [5.41, 5.74) is 2.73. The maximum Gasteiger partial charge on any atom is 0.227 e. The maximum absolute atomic E-state index is 13.4. The molecule has 4 heteroatoms. The molecule has 0 radical (unpaired) electrons. The zero-order valence-electron chi connectivity index (χ0n) is 13.0. The summed E-state index contributed by atoms with van der Waals surface area (Å²) in [6.07, 6.45) is 2.41. The van der Waals surface area contributed by atoms with Gasteiger partial charge in [0.2, 0.25) is 5.91 Å². The van der Waals surface area contributed by atoms with Crippen LogP contribution in [0.2, 0.25) is 0 Å². The van der Waals surface area contributed by atoms with E-state index in [0.717, 1.165) is 41.5 Å². The second kappa shape index (κ2) is 6.74. The van der Waals surface area contributed by atoms with Crippen molar-refractivity contribution in [3.05, 3.63) is 35.3 Å². The molecule has 2 rings (SSSR count). The minimum absolute atomic E-state index is 0.110. The van der Waals surface area contributed by atoms with Crippen molar-refractivity contribution in [2.75, 3.05) is 13.1 Å². The first-order valence-corrected chi connectivity index (χ1v) is 7.61. The van der Waals surface area contributed by atoms with Crippen molar-refractivity contribution in [1.29, 1.82) is 0 Å². The Bertz CT molecular complexity index is 633. The topological polar surface area (TPSA) is 36.1 Å². The number of halogens is 1. The third-order valence-electron chi connectivity index (χ3n) is 3.93. The lowest BCUT2D eigenvalue weighted by atomic mass is 10.1. The second-order valence-electron chi connectivity index (χ2n) is 5.42. The first-order valence-electron chi connectivity index (χ1n) is 7.61. The molecular weight excluding hydrogens is 267 g/mol. The van der Waals surface area contributed by atoms with Crippen LogP contribution in [-0.4, -0.2) is 28.9 Å². The average Bonchev–Trinajstić information content (AvgIpc) is 2.76. The predicted octanol–water partition coefficient (Wildman–Crippen LogP) is 3.81. The van der Waals surface area contributed by atoms with Gasteiger partial charge < -0.3 is 9.88 Å². The number of benzene rings is 1. The zero-order valence-corrected chi connectivity index (χ0v) is 13.0. The van der Waals surface area contributed by atoms with Gasteiger partial charge in [0.05, 0.1) is 6.42 Å². The normalized spacial score (nSPS) is 11.0. The Morgan fingerprint density at radius 3 is 2.76 bits per heavy atom. The Hall–Kier alpha value is -1.84. The summed E-state index contributed by atoms with van der Waals surface area (Å²) in [5, 5.41) is 0.812. The Kier molecular flexibility index (Phi) is 4.99. The van der Waals surface area contributed by atoms with Crippen molar-refractivity contribution in [2.24, 2.45) is 0 Å². The molecule has 1 N–H and O–H groups in total. The van der Waals surface area contributed by atoms with E-state index in [1.807, 2.05) is 18.7 Å². The number of carbonyl (C=O) groups is 1. The number of H-pyrrole nitrogens is 1. The molecule has 0 atom stereocenters. The van der Waals surface area contributed by atoms with E-state index in [-0.39, 0.29) is 11.7 Å². The molecule has 0 fully saturated rings. The molecule has 1 heterocycles. The van der Waals surface area contributed by atoms with E-state index in [4.69, 9.17) is 0 Å². The van der Waals surface area contributed by atoms with Gasteiger partial charge >= 0.3 is 0 Å². The summed E-state index contributed by atoms with van der Waals surface area (Å²) in [5.74, 6) is -0.159. The lowest BCUT2D eigenvalue weighted by Crippen LogP contribution is -2.33. The van der Waals surface area contributed by atoms with Gasteiger partial charge in [0.1, 0.15) is 5.82 Å². The van der Waals surface area contributed by atoms with Gasteiger partial charge in [-0.05, 0) is 44.0 Å². The zero-order chi connectivity index (χ0) is 15.4. The number of fused-ring (bicyclic) bond motifs is 1. The van der Waals surface area contributed by atoms with Crippen LogP contribution in [0.3, 0.4) is 0 Å². The van der Waals surface area contributed by atoms with E-state index in [1.165, 1.54) is 12.1 Å². The molecule has 0 saturated heterocycles. The molecule has 3 nitrogen and oxygen atoms in total. The number of likely N-dealkylation sites (N-methyl/N-ethyl adjacent to an activating group) is 1. The molecular formula is C17H23FN2O. The monoisotopic (exact) mass is 290 g/mol. The number of amides is 1. The summed E-state index contributed by atoms with van der Waals surface area (Å²) in [6, 6.07) is 4.66. The summed E-state index contributed by atoms with van der Waals surface area (Å²) >= 11 is 0. The molecule has 0 aliphatic carbocycles. The second-order valence-corrected chi connectivity index (χ2v) is 5.42. The van der Waals surface area contributed by atoms with Crippen molar-refractivity contribution in [1.82, 2.24) is 9.88 Å². The van der Waals surface area contributed by atoms with Crippen LogP contribution in [-0.2, 0) is 11.2 Å². The van der Waals surface area contributed by atoms with Crippen LogP contribution in [0, 0.1) is 12.7 Å². The molecule has 21 heavy (non-hydrogen) atoms. The summed E-state index contributed by atoms with van der Waals surface area (Å²) in [7, 11) is 0. The Morgan fingerprint density at radius 2 is 2.10 bits per heavy atom. The summed E-state index contributed by atoms with van der Waals surface area (Å²) in [6.45, 7) is 7.55. The van der Waals surface area contributed by atoms with Gasteiger partial charge in [-0.3, -0.25) is 4.79 Å². The van der Waals surface area contributed by atoms with Gasteiger partial charge in [-0.15, -0.1) is 0 Å². The van der Waals surface area contributed by atoms with Crippen LogP contribution in [0.4, 0.5) is 4.39 Å². The molecule has 0 aliphatic heterocycles. The summed E-state index contributed by atoms with van der Waals surface area (Å²) < 4.78 is 13.4. The minimum atomic E-state index is -0.270. The van der Waals surface area contributed by atoms with Crippen LogP contribution < -0.4 is 0 Å². The van der Waals surface area contributed by atoms with Crippen molar-refractivity contribution >= 4 is 16.8 Å². The molecule has 0 saturated carbocycles. The van der Waals surface area contributed by atoms with Crippen molar-refractivity contribution in [2.45, 2.75) is 40.0 Å². The highest BCUT2D eigenvalue weighted by Gasteiger charge is 2.17. The molecule has 0 unspecified atom stereocenters. The van der Waals surface area contributed by atoms with E-state index >= 15 is 0 Å². The molecule has 0 bridgehead atoms. The largest absolute Gasteiger partial charge is 0.358 e. The third kappa shape index (κ3) is 3.43. The SMILES string of the molecule is CCCCN(CC)C(=O)Cc1c(C)[nH]c2ccc(F)cc12. The van der Waals surface area contributed by atoms with Gasteiger partial charge in [-0.2, -0.15) is 0 Å². The Morgan fingerprint density at radius 1 is 1.33 bits per heavy atom. The fraction of sp³-hybridized carbons (Fsp3) is 0.471. The number of nitrogens with one attached hydrogen (secondary N) is 1. The number of aromatic nitrogens is 1. The van der Waals surface area contributed by atoms with Gasteiger partial charge in [-0.1, -0.05) is 13.3 Å². The van der Waals surface area contributed by atoms with Gasteiger partial charge in [-0.25, -0.2) is 4.39 Å². The lowest BCUT2D eigenvalue weighted by Gasteiger charge is -2.20. The lowest BCUT2D eigenvalue weighted by molar-refractivity contribution is -0.130. The highest BCUT2D eigenvalue weighted by molar-refractivity contribution is 5.90. The quantitative estimate of drug-likeness (QED) is 0.863. The van der Waals surface area contributed by atoms with Crippen LogP contribution in [0.15, 0.2) is 18.2 Å².